The van der Waals surface area contributed by atoms with Crippen molar-refractivity contribution in [1.29, 1.82) is 0 Å². The molecule has 1 amide bonds. The van der Waals surface area contributed by atoms with Crippen molar-refractivity contribution in [2.45, 2.75) is 52.3 Å². The molecule has 2 atom stereocenters. The lowest BCUT2D eigenvalue weighted by molar-refractivity contribution is -0.128. The number of rotatable bonds is 5. The molecular formula is C16H25ClN2O2. The summed E-state index contributed by atoms with van der Waals surface area (Å²) in [6.07, 6.45) is -0.603. The van der Waals surface area contributed by atoms with E-state index in [1.807, 2.05) is 46.9 Å². The molecule has 1 rings (SSSR count). The van der Waals surface area contributed by atoms with Crippen LogP contribution < -0.4 is 15.4 Å². The molecule has 0 aromatic heterocycles. The molecule has 1 aromatic carbocycles. The van der Waals surface area contributed by atoms with E-state index >= 15 is 0 Å². The van der Waals surface area contributed by atoms with E-state index in [4.69, 9.17) is 16.3 Å². The maximum absolute atomic E-state index is 12.0. The Morgan fingerprint density at radius 3 is 2.38 bits per heavy atom. The third-order valence-corrected chi connectivity index (χ3v) is 3.36. The lowest BCUT2D eigenvalue weighted by Crippen LogP contribution is -2.46. The first-order valence-electron chi connectivity index (χ1n) is 7.09. The second-order valence-electron chi connectivity index (χ2n) is 6.20. The molecule has 5 heteroatoms. The molecule has 0 aliphatic heterocycles. The average Bonchev–Trinajstić information content (AvgIpc) is 2.38. The van der Waals surface area contributed by atoms with Crippen LogP contribution in [0, 0.1) is 0 Å². The maximum atomic E-state index is 12.0. The molecule has 21 heavy (non-hydrogen) atoms. The fourth-order valence-electron chi connectivity index (χ4n) is 1.76. The minimum absolute atomic E-state index is 0.161. The zero-order valence-corrected chi connectivity index (χ0v) is 14.3. The Labute approximate surface area is 132 Å². The topological polar surface area (TPSA) is 50.4 Å². The number of carbonyl (C=O) groups excluding carboxylic acids is 1. The van der Waals surface area contributed by atoms with Crippen LogP contribution >= 0.6 is 11.6 Å². The van der Waals surface area contributed by atoms with E-state index in [-0.39, 0.29) is 17.5 Å². The molecular weight excluding hydrogens is 288 g/mol. The fourth-order valence-corrected chi connectivity index (χ4v) is 2.00. The summed E-state index contributed by atoms with van der Waals surface area (Å²) in [5.41, 5.74) is 0.784. The molecule has 1 aromatic rings. The van der Waals surface area contributed by atoms with Crippen molar-refractivity contribution in [1.82, 2.24) is 10.6 Å². The summed E-state index contributed by atoms with van der Waals surface area (Å²) in [7, 11) is 1.89. The van der Waals surface area contributed by atoms with Crippen molar-refractivity contribution in [3.8, 4) is 5.75 Å². The predicted octanol–water partition coefficient (Wildman–Crippen LogP) is 3.30. The van der Waals surface area contributed by atoms with Gasteiger partial charge in [-0.3, -0.25) is 4.79 Å². The number of nitrogens with one attached hydrogen (secondary N) is 2. The molecule has 0 heterocycles. The Bertz CT molecular complexity index is 498. The first kappa shape index (κ1) is 17.8. The van der Waals surface area contributed by atoms with Gasteiger partial charge in [0.2, 0.25) is 0 Å². The monoisotopic (exact) mass is 312 g/mol. The summed E-state index contributed by atoms with van der Waals surface area (Å²) in [6.45, 7) is 9.54. The van der Waals surface area contributed by atoms with Crippen LogP contribution in [0.1, 0.15) is 46.2 Å². The van der Waals surface area contributed by atoms with Crippen molar-refractivity contribution < 1.29 is 9.53 Å². The average molecular weight is 313 g/mol. The molecule has 2 N–H and O–H groups in total. The number of halogens is 1. The molecule has 0 saturated heterocycles. The smallest absolute Gasteiger partial charge is 0.261 e. The van der Waals surface area contributed by atoms with Crippen LogP contribution in [0.15, 0.2) is 18.2 Å². The van der Waals surface area contributed by atoms with Gasteiger partial charge in [-0.2, -0.15) is 0 Å². The normalized spacial score (nSPS) is 14.4. The van der Waals surface area contributed by atoms with E-state index < -0.39 is 6.10 Å². The SMILES string of the molecule is CNC(C)c1ccc(OC(C)C(=O)NC(C)(C)C)c(Cl)c1. The van der Waals surface area contributed by atoms with Gasteiger partial charge < -0.3 is 15.4 Å². The Morgan fingerprint density at radius 1 is 1.29 bits per heavy atom. The summed E-state index contributed by atoms with van der Waals surface area (Å²) in [4.78, 5) is 12.0. The first-order valence-corrected chi connectivity index (χ1v) is 7.47. The van der Waals surface area contributed by atoms with Gasteiger partial charge in [-0.15, -0.1) is 0 Å². The largest absolute Gasteiger partial charge is 0.479 e. The van der Waals surface area contributed by atoms with Gasteiger partial charge >= 0.3 is 0 Å². The molecule has 0 radical (unpaired) electrons. The van der Waals surface area contributed by atoms with Gasteiger partial charge in [0, 0.05) is 11.6 Å². The van der Waals surface area contributed by atoms with Gasteiger partial charge in [0.1, 0.15) is 5.75 Å². The van der Waals surface area contributed by atoms with Crippen molar-refractivity contribution in [2.75, 3.05) is 7.05 Å². The van der Waals surface area contributed by atoms with Gasteiger partial charge in [0.25, 0.3) is 5.91 Å². The van der Waals surface area contributed by atoms with Gasteiger partial charge in [0.15, 0.2) is 6.10 Å². The molecule has 0 fully saturated rings. The summed E-state index contributed by atoms with van der Waals surface area (Å²) in [6, 6.07) is 5.80. The van der Waals surface area contributed by atoms with Crippen LogP contribution in [0.5, 0.6) is 5.75 Å². The molecule has 2 unspecified atom stereocenters. The maximum Gasteiger partial charge on any atom is 0.261 e. The number of amides is 1. The lowest BCUT2D eigenvalue weighted by atomic mass is 10.1. The molecule has 0 bridgehead atoms. The second-order valence-corrected chi connectivity index (χ2v) is 6.61. The summed E-state index contributed by atoms with van der Waals surface area (Å²) in [5, 5.41) is 6.53. The highest BCUT2D eigenvalue weighted by Gasteiger charge is 2.21. The third kappa shape index (κ3) is 5.56. The number of hydrogen-bond donors (Lipinski definition) is 2. The van der Waals surface area contributed by atoms with Gasteiger partial charge in [-0.05, 0) is 59.4 Å². The quantitative estimate of drug-likeness (QED) is 0.877. The standard InChI is InChI=1S/C16H25ClN2O2/c1-10(18-6)12-7-8-14(13(17)9-12)21-11(2)15(20)19-16(3,4)5/h7-11,18H,1-6H3,(H,19,20). The van der Waals surface area contributed by atoms with Gasteiger partial charge in [0.05, 0.1) is 5.02 Å². The molecule has 0 aliphatic carbocycles. The molecule has 0 saturated carbocycles. The fraction of sp³-hybridized carbons (Fsp3) is 0.562. The Morgan fingerprint density at radius 2 is 1.90 bits per heavy atom. The molecule has 118 valence electrons. The van der Waals surface area contributed by atoms with Crippen LogP contribution in [-0.4, -0.2) is 24.6 Å². The lowest BCUT2D eigenvalue weighted by Gasteiger charge is -2.24. The van der Waals surface area contributed by atoms with E-state index in [2.05, 4.69) is 10.6 Å². The minimum atomic E-state index is -0.603. The van der Waals surface area contributed by atoms with Gasteiger partial charge in [-0.1, -0.05) is 17.7 Å². The van der Waals surface area contributed by atoms with E-state index in [0.717, 1.165) is 5.56 Å². The van der Waals surface area contributed by atoms with Crippen LogP contribution in [0.4, 0.5) is 0 Å². The molecule has 0 spiro atoms. The van der Waals surface area contributed by atoms with E-state index in [9.17, 15) is 4.79 Å². The van der Waals surface area contributed by atoms with Crippen molar-refractivity contribution >= 4 is 17.5 Å². The van der Waals surface area contributed by atoms with Crippen molar-refractivity contribution in [3.63, 3.8) is 0 Å². The summed E-state index contributed by atoms with van der Waals surface area (Å²) in [5.74, 6) is 0.353. The number of hydrogen-bond acceptors (Lipinski definition) is 3. The number of ether oxygens (including phenoxy) is 1. The predicted molar refractivity (Wildman–Crippen MR) is 86.9 cm³/mol. The third-order valence-electron chi connectivity index (χ3n) is 3.06. The minimum Gasteiger partial charge on any atom is -0.479 e. The van der Waals surface area contributed by atoms with E-state index in [1.54, 1.807) is 13.0 Å². The number of benzene rings is 1. The first-order chi connectivity index (χ1) is 9.64. The summed E-state index contributed by atoms with van der Waals surface area (Å²) >= 11 is 6.23. The zero-order valence-electron chi connectivity index (χ0n) is 13.6. The highest BCUT2D eigenvalue weighted by Crippen LogP contribution is 2.28. The Balaban J connectivity index is 2.77. The number of carbonyl (C=O) groups is 1. The Kier molecular flexibility index (Phi) is 6.05. The molecule has 4 nitrogen and oxygen atoms in total. The van der Waals surface area contributed by atoms with Crippen LogP contribution in [0.2, 0.25) is 5.02 Å². The van der Waals surface area contributed by atoms with Crippen molar-refractivity contribution in [2.24, 2.45) is 0 Å². The van der Waals surface area contributed by atoms with Crippen LogP contribution in [0.3, 0.4) is 0 Å². The Hall–Kier alpha value is -1.26. The van der Waals surface area contributed by atoms with Gasteiger partial charge in [-0.25, -0.2) is 0 Å². The highest BCUT2D eigenvalue weighted by molar-refractivity contribution is 6.32. The van der Waals surface area contributed by atoms with E-state index in [1.165, 1.54) is 0 Å². The van der Waals surface area contributed by atoms with E-state index in [0.29, 0.717) is 10.8 Å². The highest BCUT2D eigenvalue weighted by atomic mass is 35.5. The zero-order chi connectivity index (χ0) is 16.2. The van der Waals surface area contributed by atoms with Crippen LogP contribution in [0.25, 0.3) is 0 Å². The van der Waals surface area contributed by atoms with Crippen LogP contribution in [-0.2, 0) is 4.79 Å². The van der Waals surface area contributed by atoms with Crippen molar-refractivity contribution in [3.05, 3.63) is 28.8 Å². The molecule has 0 aliphatic rings. The summed E-state index contributed by atoms with van der Waals surface area (Å²) < 4.78 is 5.66. The second kappa shape index (κ2) is 7.14.